The van der Waals surface area contributed by atoms with Crippen LogP contribution >= 0.6 is 11.8 Å². The Morgan fingerprint density at radius 2 is 1.86 bits per heavy atom. The van der Waals surface area contributed by atoms with E-state index in [1.54, 1.807) is 0 Å². The van der Waals surface area contributed by atoms with Gasteiger partial charge in [-0.3, -0.25) is 11.3 Å². The zero-order valence-electron chi connectivity index (χ0n) is 12.2. The lowest BCUT2D eigenvalue weighted by Gasteiger charge is -2.21. The second-order valence-electron chi connectivity index (χ2n) is 5.62. The Morgan fingerprint density at radius 1 is 1.10 bits per heavy atom. The SMILES string of the molecule is NNC(CCCc1ccccc1)C1Cc2ccccc2S1. The Labute approximate surface area is 131 Å². The third-order valence-corrected chi connectivity index (χ3v) is 5.61. The van der Waals surface area contributed by atoms with Crippen LogP contribution in [0.3, 0.4) is 0 Å². The standard InChI is InChI=1S/C18H22N2S/c19-20-16(11-6-9-14-7-2-1-3-8-14)18-13-15-10-4-5-12-17(15)21-18/h1-5,7-8,10,12,16,18,20H,6,9,11,13,19H2. The van der Waals surface area contributed by atoms with Crippen LogP contribution in [0.4, 0.5) is 0 Å². The van der Waals surface area contributed by atoms with Crippen LogP contribution in [0.15, 0.2) is 59.5 Å². The van der Waals surface area contributed by atoms with E-state index in [9.17, 15) is 0 Å². The molecule has 0 aliphatic carbocycles. The first-order valence-corrected chi connectivity index (χ1v) is 8.49. The van der Waals surface area contributed by atoms with Crippen LogP contribution in [0.25, 0.3) is 0 Å². The molecule has 2 aromatic rings. The minimum atomic E-state index is 0.381. The van der Waals surface area contributed by atoms with Crippen molar-refractivity contribution >= 4 is 11.8 Å². The Morgan fingerprint density at radius 3 is 2.62 bits per heavy atom. The maximum atomic E-state index is 5.80. The summed E-state index contributed by atoms with van der Waals surface area (Å²) < 4.78 is 0. The Hall–Kier alpha value is -1.29. The first-order valence-electron chi connectivity index (χ1n) is 7.61. The quantitative estimate of drug-likeness (QED) is 0.632. The van der Waals surface area contributed by atoms with E-state index >= 15 is 0 Å². The molecule has 2 aromatic carbocycles. The maximum absolute atomic E-state index is 5.80. The summed E-state index contributed by atoms with van der Waals surface area (Å²) in [6, 6.07) is 19.8. The summed E-state index contributed by atoms with van der Waals surface area (Å²) in [6.07, 6.45) is 4.55. The molecule has 3 rings (SSSR count). The van der Waals surface area contributed by atoms with Crippen molar-refractivity contribution in [3.05, 3.63) is 65.7 Å². The van der Waals surface area contributed by atoms with Crippen molar-refractivity contribution in [3.8, 4) is 0 Å². The largest absolute Gasteiger partial charge is 0.271 e. The lowest BCUT2D eigenvalue weighted by molar-refractivity contribution is 0.464. The Kier molecular flexibility index (Phi) is 4.96. The molecule has 0 aromatic heterocycles. The lowest BCUT2D eigenvalue weighted by atomic mass is 9.99. The molecular formula is C18H22N2S. The average Bonchev–Trinajstić information content (AvgIpc) is 2.96. The van der Waals surface area contributed by atoms with Crippen molar-refractivity contribution in [1.29, 1.82) is 0 Å². The van der Waals surface area contributed by atoms with Gasteiger partial charge in [0, 0.05) is 16.2 Å². The summed E-state index contributed by atoms with van der Waals surface area (Å²) in [4.78, 5) is 1.42. The number of nitrogens with two attached hydrogens (primary N) is 1. The molecule has 2 nitrogen and oxygen atoms in total. The summed E-state index contributed by atoms with van der Waals surface area (Å²) in [5.74, 6) is 5.80. The van der Waals surface area contributed by atoms with E-state index in [4.69, 9.17) is 5.84 Å². The van der Waals surface area contributed by atoms with Crippen molar-refractivity contribution in [2.24, 2.45) is 5.84 Å². The molecule has 0 radical (unpaired) electrons. The first kappa shape index (κ1) is 14.6. The second-order valence-corrected chi connectivity index (χ2v) is 6.90. The van der Waals surface area contributed by atoms with Crippen LogP contribution in [0, 0.1) is 0 Å². The highest BCUT2D eigenvalue weighted by Gasteiger charge is 2.28. The van der Waals surface area contributed by atoms with Gasteiger partial charge in [-0.05, 0) is 42.9 Å². The molecule has 1 aliphatic heterocycles. The molecule has 3 N–H and O–H groups in total. The van der Waals surface area contributed by atoms with Crippen molar-refractivity contribution in [2.45, 2.75) is 41.9 Å². The summed E-state index contributed by atoms with van der Waals surface area (Å²) in [5.41, 5.74) is 5.93. The molecule has 0 saturated carbocycles. The molecule has 110 valence electrons. The topological polar surface area (TPSA) is 38.0 Å². The summed E-state index contributed by atoms with van der Waals surface area (Å²) in [6.45, 7) is 0. The van der Waals surface area contributed by atoms with Crippen molar-refractivity contribution in [3.63, 3.8) is 0 Å². The maximum Gasteiger partial charge on any atom is 0.0336 e. The normalized spacial score (nSPS) is 18.4. The third kappa shape index (κ3) is 3.67. The van der Waals surface area contributed by atoms with Gasteiger partial charge in [0.15, 0.2) is 0 Å². The number of rotatable bonds is 6. The van der Waals surface area contributed by atoms with Gasteiger partial charge in [0.25, 0.3) is 0 Å². The molecule has 0 saturated heterocycles. The molecule has 21 heavy (non-hydrogen) atoms. The van der Waals surface area contributed by atoms with Crippen molar-refractivity contribution in [2.75, 3.05) is 0 Å². The molecule has 0 bridgehead atoms. The highest BCUT2D eigenvalue weighted by Crippen LogP contribution is 2.39. The van der Waals surface area contributed by atoms with E-state index < -0.39 is 0 Å². The van der Waals surface area contributed by atoms with E-state index in [0.717, 1.165) is 19.3 Å². The lowest BCUT2D eigenvalue weighted by Crippen LogP contribution is -2.42. The highest BCUT2D eigenvalue weighted by atomic mass is 32.2. The number of benzene rings is 2. The zero-order valence-corrected chi connectivity index (χ0v) is 13.0. The van der Waals surface area contributed by atoms with Crippen LogP contribution < -0.4 is 11.3 Å². The number of aryl methyl sites for hydroxylation is 1. The number of nitrogens with one attached hydrogen (secondary N) is 1. The highest BCUT2D eigenvalue weighted by molar-refractivity contribution is 8.00. The molecule has 2 unspecified atom stereocenters. The molecule has 1 aliphatic rings. The fourth-order valence-corrected chi connectivity index (χ4v) is 4.41. The smallest absolute Gasteiger partial charge is 0.0336 e. The summed E-state index contributed by atoms with van der Waals surface area (Å²) >= 11 is 1.97. The number of thioether (sulfide) groups is 1. The Bertz CT molecular complexity index is 545. The van der Waals surface area contributed by atoms with Gasteiger partial charge in [-0.15, -0.1) is 11.8 Å². The summed E-state index contributed by atoms with van der Waals surface area (Å²) in [7, 11) is 0. The molecule has 1 heterocycles. The van der Waals surface area contributed by atoms with Crippen LogP contribution in [0.1, 0.15) is 24.0 Å². The van der Waals surface area contributed by atoms with Gasteiger partial charge in [-0.25, -0.2) is 0 Å². The van der Waals surface area contributed by atoms with Crippen LogP contribution in [0.5, 0.6) is 0 Å². The van der Waals surface area contributed by atoms with Crippen LogP contribution in [-0.2, 0) is 12.8 Å². The van der Waals surface area contributed by atoms with Gasteiger partial charge < -0.3 is 0 Å². The molecule has 0 amide bonds. The van der Waals surface area contributed by atoms with E-state index in [1.807, 2.05) is 11.8 Å². The minimum absolute atomic E-state index is 0.381. The molecule has 3 heteroatoms. The van der Waals surface area contributed by atoms with Crippen molar-refractivity contribution < 1.29 is 0 Å². The first-order chi connectivity index (χ1) is 10.4. The third-order valence-electron chi connectivity index (χ3n) is 4.16. The zero-order chi connectivity index (χ0) is 14.5. The fourth-order valence-electron chi connectivity index (χ4n) is 2.98. The molecular weight excluding hydrogens is 276 g/mol. The van der Waals surface area contributed by atoms with Gasteiger partial charge in [0.05, 0.1) is 0 Å². The summed E-state index contributed by atoms with van der Waals surface area (Å²) in [5, 5.41) is 0.558. The van der Waals surface area contributed by atoms with Gasteiger partial charge in [0.2, 0.25) is 0 Å². The predicted octanol–water partition coefficient (Wildman–Crippen LogP) is 3.56. The number of hydrogen-bond acceptors (Lipinski definition) is 3. The molecule has 0 fully saturated rings. The monoisotopic (exact) mass is 298 g/mol. The van der Waals surface area contributed by atoms with Gasteiger partial charge in [-0.1, -0.05) is 48.5 Å². The van der Waals surface area contributed by atoms with Gasteiger partial charge in [0.1, 0.15) is 0 Å². The molecule has 2 atom stereocenters. The Balaban J connectivity index is 1.52. The van der Waals surface area contributed by atoms with Gasteiger partial charge >= 0.3 is 0 Å². The van der Waals surface area contributed by atoms with E-state index in [2.05, 4.69) is 60.0 Å². The van der Waals surface area contributed by atoms with Crippen molar-refractivity contribution in [1.82, 2.24) is 5.43 Å². The van der Waals surface area contributed by atoms with E-state index in [1.165, 1.54) is 22.4 Å². The predicted molar refractivity (Wildman–Crippen MR) is 90.3 cm³/mol. The number of hydrazine groups is 1. The van der Waals surface area contributed by atoms with Crippen LogP contribution in [-0.4, -0.2) is 11.3 Å². The van der Waals surface area contributed by atoms with Gasteiger partial charge in [-0.2, -0.15) is 0 Å². The average molecular weight is 298 g/mol. The van der Waals surface area contributed by atoms with Crippen LogP contribution in [0.2, 0.25) is 0 Å². The number of fused-ring (bicyclic) bond motifs is 1. The fraction of sp³-hybridized carbons (Fsp3) is 0.333. The van der Waals surface area contributed by atoms with E-state index in [-0.39, 0.29) is 0 Å². The molecule has 0 spiro atoms. The minimum Gasteiger partial charge on any atom is -0.271 e. The second kappa shape index (κ2) is 7.12. The number of hydrogen-bond donors (Lipinski definition) is 2. The van der Waals surface area contributed by atoms with E-state index in [0.29, 0.717) is 11.3 Å².